The van der Waals surface area contributed by atoms with Crippen LogP contribution in [0.5, 0.6) is 0 Å². The Hall–Kier alpha value is -1.81. The van der Waals surface area contributed by atoms with Gasteiger partial charge in [0.25, 0.3) is 0 Å². The molecule has 2 aliphatic heterocycles. The molecule has 29 heavy (non-hydrogen) atoms. The first-order valence-corrected chi connectivity index (χ1v) is 11.7. The van der Waals surface area contributed by atoms with Gasteiger partial charge in [-0.2, -0.15) is 0 Å². The molecule has 2 aliphatic rings. The Labute approximate surface area is 175 Å². The van der Waals surface area contributed by atoms with E-state index in [0.29, 0.717) is 24.4 Å². The van der Waals surface area contributed by atoms with Crippen molar-refractivity contribution in [2.45, 2.75) is 77.3 Å². The predicted molar refractivity (Wildman–Crippen MR) is 120 cm³/mol. The maximum absolute atomic E-state index is 12.5. The summed E-state index contributed by atoms with van der Waals surface area (Å²) in [5.41, 5.74) is 2.67. The van der Waals surface area contributed by atoms with Gasteiger partial charge in [-0.1, -0.05) is 24.6 Å². The van der Waals surface area contributed by atoms with Crippen LogP contribution in [-0.2, 0) is 11.2 Å². The highest BCUT2D eigenvalue weighted by Crippen LogP contribution is 2.30. The summed E-state index contributed by atoms with van der Waals surface area (Å²) in [5, 5.41) is 4.60. The normalized spacial score (nSPS) is 22.7. The summed E-state index contributed by atoms with van der Waals surface area (Å²) in [6.07, 6.45) is 11.4. The molecule has 1 N–H and O–H groups in total. The van der Waals surface area contributed by atoms with E-state index in [1.54, 1.807) is 0 Å². The van der Waals surface area contributed by atoms with Gasteiger partial charge < -0.3 is 14.8 Å². The predicted octanol–water partition coefficient (Wildman–Crippen LogP) is 4.93. The van der Waals surface area contributed by atoms with Gasteiger partial charge in [0.15, 0.2) is 0 Å². The van der Waals surface area contributed by atoms with Crippen molar-refractivity contribution in [3.05, 3.63) is 36.0 Å². The molecule has 4 heteroatoms. The summed E-state index contributed by atoms with van der Waals surface area (Å²) in [6, 6.07) is 9.79. The average Bonchev–Trinajstić information content (AvgIpc) is 3.11. The summed E-state index contributed by atoms with van der Waals surface area (Å²) >= 11 is 0. The van der Waals surface area contributed by atoms with Crippen molar-refractivity contribution in [2.75, 3.05) is 19.6 Å². The van der Waals surface area contributed by atoms with Gasteiger partial charge in [0, 0.05) is 42.1 Å². The SMILES string of the molecule is CC(C)n1cc(CCCC(=O)NC[C@H]2CCCN3CCCC[C@H]23)c2ccccc21. The standard InChI is InChI=1S/C25H37N3O/c1-19(2)28-18-21(22-11-3-4-13-24(22)28)9-7-14-25(29)26-17-20-10-8-16-27-15-6-5-12-23(20)27/h3-4,11,13,18-20,23H,5-10,12,14-17H2,1-2H3,(H,26,29)/t20-,23-/m1/s1. The smallest absolute Gasteiger partial charge is 0.220 e. The Balaban J connectivity index is 1.27. The lowest BCUT2D eigenvalue weighted by molar-refractivity contribution is -0.121. The summed E-state index contributed by atoms with van der Waals surface area (Å²) in [7, 11) is 0. The highest BCUT2D eigenvalue weighted by atomic mass is 16.1. The lowest BCUT2D eigenvalue weighted by atomic mass is 9.83. The van der Waals surface area contributed by atoms with Crippen molar-refractivity contribution in [1.82, 2.24) is 14.8 Å². The maximum Gasteiger partial charge on any atom is 0.220 e. The van der Waals surface area contributed by atoms with Crippen LogP contribution in [0.15, 0.2) is 30.5 Å². The lowest BCUT2D eigenvalue weighted by Gasteiger charge is -2.44. The van der Waals surface area contributed by atoms with Gasteiger partial charge in [-0.15, -0.1) is 0 Å². The van der Waals surface area contributed by atoms with E-state index < -0.39 is 0 Å². The Morgan fingerprint density at radius 1 is 1.14 bits per heavy atom. The van der Waals surface area contributed by atoms with Crippen LogP contribution in [0, 0.1) is 5.92 Å². The van der Waals surface area contributed by atoms with Crippen molar-refractivity contribution in [3.8, 4) is 0 Å². The summed E-state index contributed by atoms with van der Waals surface area (Å²) in [5.74, 6) is 0.877. The third kappa shape index (κ3) is 4.69. The molecule has 1 aromatic carbocycles. The van der Waals surface area contributed by atoms with Gasteiger partial charge in [0.05, 0.1) is 0 Å². The maximum atomic E-state index is 12.5. The number of carbonyl (C=O) groups is 1. The molecule has 4 nitrogen and oxygen atoms in total. The van der Waals surface area contributed by atoms with E-state index in [0.717, 1.165) is 19.4 Å². The molecule has 2 aromatic rings. The molecule has 2 fully saturated rings. The lowest BCUT2D eigenvalue weighted by Crippen LogP contribution is -2.50. The Morgan fingerprint density at radius 2 is 1.97 bits per heavy atom. The minimum absolute atomic E-state index is 0.227. The van der Waals surface area contributed by atoms with Crippen LogP contribution in [0.3, 0.4) is 0 Å². The van der Waals surface area contributed by atoms with E-state index in [9.17, 15) is 4.79 Å². The molecule has 0 spiro atoms. The third-order valence-corrected chi connectivity index (χ3v) is 7.02. The minimum Gasteiger partial charge on any atom is -0.356 e. The van der Waals surface area contributed by atoms with E-state index in [-0.39, 0.29) is 5.91 Å². The minimum atomic E-state index is 0.227. The number of benzene rings is 1. The van der Waals surface area contributed by atoms with Crippen LogP contribution in [0.25, 0.3) is 10.9 Å². The number of aromatic nitrogens is 1. The topological polar surface area (TPSA) is 37.3 Å². The third-order valence-electron chi connectivity index (χ3n) is 7.02. The van der Waals surface area contributed by atoms with E-state index in [1.165, 1.54) is 61.7 Å². The average molecular weight is 396 g/mol. The molecule has 1 aromatic heterocycles. The van der Waals surface area contributed by atoms with Gasteiger partial charge in [-0.3, -0.25) is 4.79 Å². The highest BCUT2D eigenvalue weighted by molar-refractivity contribution is 5.84. The molecule has 0 unspecified atom stereocenters. The first-order valence-electron chi connectivity index (χ1n) is 11.7. The van der Waals surface area contributed by atoms with Crippen LogP contribution >= 0.6 is 0 Å². The number of aryl methyl sites for hydroxylation is 1. The fourth-order valence-electron chi connectivity index (χ4n) is 5.49. The number of nitrogens with zero attached hydrogens (tertiary/aromatic N) is 2. The number of hydrogen-bond donors (Lipinski definition) is 1. The zero-order valence-corrected chi connectivity index (χ0v) is 18.2. The molecule has 0 aliphatic carbocycles. The molecule has 0 bridgehead atoms. The monoisotopic (exact) mass is 395 g/mol. The summed E-state index contributed by atoms with van der Waals surface area (Å²) in [4.78, 5) is 15.2. The van der Waals surface area contributed by atoms with Gasteiger partial charge in [0.1, 0.15) is 0 Å². The van der Waals surface area contributed by atoms with Gasteiger partial charge in [-0.25, -0.2) is 0 Å². The van der Waals surface area contributed by atoms with Crippen LogP contribution < -0.4 is 5.32 Å². The molecule has 3 heterocycles. The van der Waals surface area contributed by atoms with E-state index in [4.69, 9.17) is 0 Å². The number of para-hydroxylation sites is 1. The fraction of sp³-hybridized carbons (Fsp3) is 0.640. The molecule has 2 atom stereocenters. The number of hydrogen-bond acceptors (Lipinski definition) is 2. The second-order valence-electron chi connectivity index (χ2n) is 9.33. The van der Waals surface area contributed by atoms with Gasteiger partial charge in [-0.05, 0) is 83.0 Å². The number of amides is 1. The molecular formula is C25H37N3O. The van der Waals surface area contributed by atoms with Crippen LogP contribution in [0.1, 0.15) is 70.4 Å². The molecule has 0 saturated carbocycles. The Kier molecular flexibility index (Phi) is 6.59. The number of fused-ring (bicyclic) bond motifs is 2. The second-order valence-corrected chi connectivity index (χ2v) is 9.33. The molecule has 2 saturated heterocycles. The first-order chi connectivity index (χ1) is 14.1. The van der Waals surface area contributed by atoms with E-state index in [1.807, 2.05) is 0 Å². The number of carbonyl (C=O) groups excluding carboxylic acids is 1. The molecule has 0 radical (unpaired) electrons. The summed E-state index contributed by atoms with van der Waals surface area (Å²) in [6.45, 7) is 7.84. The molecular weight excluding hydrogens is 358 g/mol. The van der Waals surface area contributed by atoms with Crippen molar-refractivity contribution in [2.24, 2.45) is 5.92 Å². The number of rotatable bonds is 7. The Bertz CT molecular complexity index is 823. The first kappa shape index (κ1) is 20.5. The molecule has 1 amide bonds. The molecule has 4 rings (SSSR count). The second kappa shape index (κ2) is 9.34. The number of nitrogens with one attached hydrogen (secondary N) is 1. The van der Waals surface area contributed by atoms with E-state index >= 15 is 0 Å². The quantitative estimate of drug-likeness (QED) is 0.722. The zero-order valence-electron chi connectivity index (χ0n) is 18.2. The largest absolute Gasteiger partial charge is 0.356 e. The zero-order chi connectivity index (χ0) is 20.2. The number of piperidine rings is 2. The van der Waals surface area contributed by atoms with Crippen LogP contribution in [-0.4, -0.2) is 41.1 Å². The van der Waals surface area contributed by atoms with Crippen molar-refractivity contribution in [3.63, 3.8) is 0 Å². The molecule has 158 valence electrons. The van der Waals surface area contributed by atoms with Crippen molar-refractivity contribution >= 4 is 16.8 Å². The van der Waals surface area contributed by atoms with Crippen LogP contribution in [0.2, 0.25) is 0 Å². The van der Waals surface area contributed by atoms with Gasteiger partial charge in [0.2, 0.25) is 5.91 Å². The van der Waals surface area contributed by atoms with Crippen LogP contribution in [0.4, 0.5) is 0 Å². The Morgan fingerprint density at radius 3 is 2.83 bits per heavy atom. The van der Waals surface area contributed by atoms with E-state index in [2.05, 4.69) is 59.1 Å². The fourth-order valence-corrected chi connectivity index (χ4v) is 5.49. The van der Waals surface area contributed by atoms with Gasteiger partial charge >= 0.3 is 0 Å². The highest BCUT2D eigenvalue weighted by Gasteiger charge is 2.32. The van der Waals surface area contributed by atoms with Crippen molar-refractivity contribution in [1.29, 1.82) is 0 Å². The van der Waals surface area contributed by atoms with Crippen molar-refractivity contribution < 1.29 is 4.79 Å². The summed E-state index contributed by atoms with van der Waals surface area (Å²) < 4.78 is 2.35.